The van der Waals surface area contributed by atoms with Crippen LogP contribution in [0.4, 0.5) is 5.95 Å². The van der Waals surface area contributed by atoms with Crippen molar-refractivity contribution in [2.45, 2.75) is 20.3 Å². The summed E-state index contributed by atoms with van der Waals surface area (Å²) in [6, 6.07) is 3.48. The van der Waals surface area contributed by atoms with Gasteiger partial charge in [-0.15, -0.1) is 10.2 Å². The van der Waals surface area contributed by atoms with E-state index in [0.717, 1.165) is 12.6 Å². The number of halogens is 1. The number of nitrogens with zero attached hydrogens (tertiary/aromatic N) is 3. The topological polar surface area (TPSA) is 101 Å². The average molecular weight is 352 g/mol. The van der Waals surface area contributed by atoms with Crippen molar-refractivity contribution in [1.82, 2.24) is 15.2 Å². The van der Waals surface area contributed by atoms with Gasteiger partial charge >= 0.3 is 0 Å². The highest BCUT2D eigenvalue weighted by Gasteiger charge is 2.11. The molecule has 24 heavy (non-hydrogen) atoms. The first kappa shape index (κ1) is 17.7. The fraction of sp³-hybridized carbons (Fsp3) is 0.333. The second-order valence-corrected chi connectivity index (χ2v) is 5.07. The van der Waals surface area contributed by atoms with Gasteiger partial charge in [0.05, 0.1) is 24.5 Å². The number of anilines is 1. The van der Waals surface area contributed by atoms with Crippen molar-refractivity contribution in [3.05, 3.63) is 39.3 Å². The predicted molar refractivity (Wildman–Crippen MR) is 92.3 cm³/mol. The molecular weight excluding hydrogens is 334 g/mol. The molecule has 1 heterocycles. The monoisotopic (exact) mass is 351 g/mol. The molecule has 0 spiro atoms. The summed E-state index contributed by atoms with van der Waals surface area (Å²) < 4.78 is 11.2. The maximum Gasteiger partial charge on any atom is 0.271 e. The molecule has 0 atom stereocenters. The van der Waals surface area contributed by atoms with E-state index in [9.17, 15) is 4.79 Å². The van der Waals surface area contributed by atoms with Crippen LogP contribution in [0.2, 0.25) is 5.02 Å². The first-order valence-electron chi connectivity index (χ1n) is 7.44. The molecule has 2 N–H and O–H groups in total. The van der Waals surface area contributed by atoms with Gasteiger partial charge in [-0.1, -0.05) is 18.5 Å². The van der Waals surface area contributed by atoms with Crippen LogP contribution in [0.25, 0.3) is 0 Å². The molecule has 2 aromatic rings. The van der Waals surface area contributed by atoms with Crippen LogP contribution in [0.5, 0.6) is 11.5 Å². The molecule has 0 saturated heterocycles. The summed E-state index contributed by atoms with van der Waals surface area (Å²) in [7, 11) is 0. The minimum absolute atomic E-state index is 0.137. The molecule has 128 valence electrons. The predicted octanol–water partition coefficient (Wildman–Crippen LogP) is 2.45. The Kier molecular flexibility index (Phi) is 6.56. The molecule has 8 nitrogen and oxygen atoms in total. The lowest BCUT2D eigenvalue weighted by Crippen LogP contribution is -2.10. The summed E-state index contributed by atoms with van der Waals surface area (Å²) in [5.74, 6) is 1.20. The van der Waals surface area contributed by atoms with E-state index in [4.69, 9.17) is 21.1 Å². The van der Waals surface area contributed by atoms with Gasteiger partial charge in [-0.05, 0) is 31.0 Å². The van der Waals surface area contributed by atoms with E-state index in [0.29, 0.717) is 35.3 Å². The van der Waals surface area contributed by atoms with Crippen LogP contribution in [0.15, 0.2) is 28.2 Å². The van der Waals surface area contributed by atoms with Crippen molar-refractivity contribution in [3.63, 3.8) is 0 Å². The normalized spacial score (nSPS) is 10.8. The van der Waals surface area contributed by atoms with Crippen molar-refractivity contribution >= 4 is 23.8 Å². The summed E-state index contributed by atoms with van der Waals surface area (Å²) in [5.41, 5.74) is 2.91. The number of hydrogen-bond acceptors (Lipinski definition) is 7. The molecule has 0 radical (unpaired) electrons. The summed E-state index contributed by atoms with van der Waals surface area (Å²) in [6.07, 6.45) is 3.45. The number of aromatic nitrogens is 3. The molecule has 0 aliphatic rings. The van der Waals surface area contributed by atoms with Gasteiger partial charge < -0.3 is 9.47 Å². The molecule has 0 fully saturated rings. The number of benzene rings is 1. The second kappa shape index (κ2) is 8.88. The van der Waals surface area contributed by atoms with Crippen molar-refractivity contribution in [2.75, 3.05) is 18.6 Å². The molecule has 0 amide bonds. The van der Waals surface area contributed by atoms with Gasteiger partial charge in [-0.3, -0.25) is 9.78 Å². The SMILES string of the molecule is CCCOc1c(Cl)cc(/C=N/Nc2nncc(=O)[nH]2)cc1OCC. The van der Waals surface area contributed by atoms with E-state index in [2.05, 4.69) is 25.7 Å². The Morgan fingerprint density at radius 3 is 2.92 bits per heavy atom. The summed E-state index contributed by atoms with van der Waals surface area (Å²) in [6.45, 7) is 4.93. The minimum Gasteiger partial charge on any atom is -0.490 e. The first-order chi connectivity index (χ1) is 11.6. The maximum atomic E-state index is 11.1. The second-order valence-electron chi connectivity index (χ2n) is 4.66. The minimum atomic E-state index is -0.373. The van der Waals surface area contributed by atoms with Crippen LogP contribution in [0, 0.1) is 0 Å². The molecule has 2 rings (SSSR count). The van der Waals surface area contributed by atoms with Crippen LogP contribution in [-0.2, 0) is 0 Å². The Labute approximate surface area is 143 Å². The van der Waals surface area contributed by atoms with Crippen LogP contribution in [0.3, 0.4) is 0 Å². The smallest absolute Gasteiger partial charge is 0.271 e. The number of hydrazone groups is 1. The van der Waals surface area contributed by atoms with Crippen LogP contribution in [0.1, 0.15) is 25.8 Å². The van der Waals surface area contributed by atoms with Gasteiger partial charge in [0, 0.05) is 0 Å². The largest absolute Gasteiger partial charge is 0.490 e. The molecule has 0 aliphatic heterocycles. The van der Waals surface area contributed by atoms with E-state index in [1.807, 2.05) is 13.8 Å². The quantitative estimate of drug-likeness (QED) is 0.559. The van der Waals surface area contributed by atoms with E-state index in [-0.39, 0.29) is 11.5 Å². The zero-order valence-corrected chi connectivity index (χ0v) is 14.1. The third kappa shape index (κ3) is 4.95. The number of rotatable bonds is 8. The Balaban J connectivity index is 2.17. The highest BCUT2D eigenvalue weighted by molar-refractivity contribution is 6.32. The van der Waals surface area contributed by atoms with Gasteiger partial charge in [-0.25, -0.2) is 5.43 Å². The highest BCUT2D eigenvalue weighted by Crippen LogP contribution is 2.36. The fourth-order valence-corrected chi connectivity index (χ4v) is 2.07. The molecule has 0 saturated carbocycles. The average Bonchev–Trinajstić information content (AvgIpc) is 2.54. The van der Waals surface area contributed by atoms with Gasteiger partial charge in [0.25, 0.3) is 5.56 Å². The van der Waals surface area contributed by atoms with Gasteiger partial charge in [0.2, 0.25) is 5.95 Å². The lowest BCUT2D eigenvalue weighted by Gasteiger charge is -2.13. The third-order valence-corrected chi connectivity index (χ3v) is 3.02. The number of hydrogen-bond donors (Lipinski definition) is 2. The molecule has 1 aromatic heterocycles. The van der Waals surface area contributed by atoms with Crippen LogP contribution < -0.4 is 20.5 Å². The number of aromatic amines is 1. The Hall–Kier alpha value is -2.61. The lowest BCUT2D eigenvalue weighted by molar-refractivity contribution is 0.277. The number of nitrogens with one attached hydrogen (secondary N) is 2. The number of H-pyrrole nitrogens is 1. The van der Waals surface area contributed by atoms with E-state index < -0.39 is 0 Å². The fourth-order valence-electron chi connectivity index (χ4n) is 1.80. The lowest BCUT2D eigenvalue weighted by atomic mass is 10.2. The Bertz CT molecular complexity index is 763. The van der Waals surface area contributed by atoms with E-state index >= 15 is 0 Å². The van der Waals surface area contributed by atoms with Gasteiger partial charge in [0.15, 0.2) is 11.5 Å². The third-order valence-electron chi connectivity index (χ3n) is 2.74. The highest BCUT2D eigenvalue weighted by atomic mass is 35.5. The molecular formula is C15H18ClN5O3. The van der Waals surface area contributed by atoms with Crippen molar-refractivity contribution in [3.8, 4) is 11.5 Å². The van der Waals surface area contributed by atoms with E-state index in [1.54, 1.807) is 12.1 Å². The van der Waals surface area contributed by atoms with Crippen molar-refractivity contribution in [2.24, 2.45) is 5.10 Å². The van der Waals surface area contributed by atoms with Crippen molar-refractivity contribution < 1.29 is 9.47 Å². The zero-order valence-electron chi connectivity index (χ0n) is 13.4. The summed E-state index contributed by atoms with van der Waals surface area (Å²) in [5, 5.41) is 11.6. The van der Waals surface area contributed by atoms with Crippen molar-refractivity contribution in [1.29, 1.82) is 0 Å². The first-order valence-corrected chi connectivity index (χ1v) is 7.82. The molecule has 0 aliphatic carbocycles. The Morgan fingerprint density at radius 2 is 2.21 bits per heavy atom. The van der Waals surface area contributed by atoms with Crippen LogP contribution >= 0.6 is 11.6 Å². The summed E-state index contributed by atoms with van der Waals surface area (Å²) >= 11 is 6.27. The standard InChI is InChI=1S/C15H18ClN5O3/c1-3-5-24-14-11(16)6-10(7-12(14)23-4-2)8-17-20-15-19-13(22)9-18-21-15/h6-9H,3-5H2,1-2H3,(H2,19,20,21,22)/b17-8+. The Morgan fingerprint density at radius 1 is 1.38 bits per heavy atom. The number of ether oxygens (including phenoxy) is 2. The molecule has 0 unspecified atom stereocenters. The molecule has 9 heteroatoms. The summed E-state index contributed by atoms with van der Waals surface area (Å²) in [4.78, 5) is 13.6. The van der Waals surface area contributed by atoms with Gasteiger partial charge in [0.1, 0.15) is 6.20 Å². The van der Waals surface area contributed by atoms with Gasteiger partial charge in [-0.2, -0.15) is 5.10 Å². The molecule has 0 bridgehead atoms. The van der Waals surface area contributed by atoms with Crippen LogP contribution in [-0.4, -0.2) is 34.6 Å². The molecule has 1 aromatic carbocycles. The maximum absolute atomic E-state index is 11.1. The zero-order chi connectivity index (χ0) is 17.4. The van der Waals surface area contributed by atoms with E-state index in [1.165, 1.54) is 6.21 Å².